The topological polar surface area (TPSA) is 83.2 Å². The highest BCUT2D eigenvalue weighted by Gasteiger charge is 2.12. The molecule has 2 heterocycles. The van der Waals surface area contributed by atoms with Gasteiger partial charge in [-0.25, -0.2) is 0 Å². The Morgan fingerprint density at radius 1 is 1.40 bits per heavy atom. The van der Waals surface area contributed by atoms with Crippen molar-refractivity contribution in [3.8, 4) is 5.75 Å². The van der Waals surface area contributed by atoms with Crippen LogP contribution in [0.15, 0.2) is 12.4 Å². The van der Waals surface area contributed by atoms with E-state index in [1.165, 1.54) is 0 Å². The van der Waals surface area contributed by atoms with Crippen molar-refractivity contribution in [2.45, 2.75) is 33.4 Å². The lowest BCUT2D eigenvalue weighted by molar-refractivity contribution is 0.279. The third-order valence-corrected chi connectivity index (χ3v) is 3.30. The van der Waals surface area contributed by atoms with E-state index in [0.29, 0.717) is 23.4 Å². The standard InChI is InChI=1S/C14H20N4O2/c1-4-12-13(7-18(3)17-12)16-6-11-10(8-19)5-15-9(2)14(11)20/h5,7,16,19-20H,4,6,8H2,1-3H3. The Labute approximate surface area is 118 Å². The van der Waals surface area contributed by atoms with Crippen molar-refractivity contribution in [2.24, 2.45) is 7.05 Å². The molecule has 0 saturated carbocycles. The summed E-state index contributed by atoms with van der Waals surface area (Å²) in [7, 11) is 1.87. The van der Waals surface area contributed by atoms with E-state index in [1.54, 1.807) is 17.8 Å². The molecule has 108 valence electrons. The lowest BCUT2D eigenvalue weighted by Crippen LogP contribution is -2.06. The zero-order valence-electron chi connectivity index (χ0n) is 12.0. The van der Waals surface area contributed by atoms with E-state index in [4.69, 9.17) is 0 Å². The first-order valence-electron chi connectivity index (χ1n) is 6.60. The number of aromatic hydroxyl groups is 1. The van der Waals surface area contributed by atoms with Crippen molar-refractivity contribution >= 4 is 5.69 Å². The maximum atomic E-state index is 10.1. The molecule has 6 heteroatoms. The molecule has 0 aromatic carbocycles. The fourth-order valence-electron chi connectivity index (χ4n) is 2.14. The largest absolute Gasteiger partial charge is 0.506 e. The number of rotatable bonds is 5. The molecule has 0 saturated heterocycles. The van der Waals surface area contributed by atoms with Crippen LogP contribution in [-0.2, 0) is 26.6 Å². The van der Waals surface area contributed by atoms with E-state index in [-0.39, 0.29) is 12.4 Å². The zero-order chi connectivity index (χ0) is 14.7. The van der Waals surface area contributed by atoms with Gasteiger partial charge in [-0.1, -0.05) is 6.92 Å². The summed E-state index contributed by atoms with van der Waals surface area (Å²) in [6.45, 7) is 4.05. The average Bonchev–Trinajstić information content (AvgIpc) is 2.80. The molecule has 0 fully saturated rings. The predicted octanol–water partition coefficient (Wildman–Crippen LogP) is 1.50. The van der Waals surface area contributed by atoms with Crippen molar-refractivity contribution in [1.82, 2.24) is 14.8 Å². The van der Waals surface area contributed by atoms with E-state index in [9.17, 15) is 10.2 Å². The Kier molecular flexibility index (Phi) is 4.24. The molecule has 2 rings (SSSR count). The van der Waals surface area contributed by atoms with Gasteiger partial charge >= 0.3 is 0 Å². The molecule has 2 aromatic rings. The average molecular weight is 276 g/mol. The Morgan fingerprint density at radius 2 is 2.15 bits per heavy atom. The van der Waals surface area contributed by atoms with Crippen LogP contribution < -0.4 is 5.32 Å². The summed E-state index contributed by atoms with van der Waals surface area (Å²) in [5.41, 5.74) is 3.77. The lowest BCUT2D eigenvalue weighted by atomic mass is 10.1. The van der Waals surface area contributed by atoms with Gasteiger partial charge in [0.25, 0.3) is 0 Å². The monoisotopic (exact) mass is 276 g/mol. The fourth-order valence-corrected chi connectivity index (χ4v) is 2.14. The number of aliphatic hydroxyl groups is 1. The highest BCUT2D eigenvalue weighted by molar-refractivity contribution is 5.49. The minimum atomic E-state index is -0.147. The summed E-state index contributed by atoms with van der Waals surface area (Å²) in [6, 6.07) is 0. The molecule has 0 aliphatic carbocycles. The smallest absolute Gasteiger partial charge is 0.142 e. The molecule has 20 heavy (non-hydrogen) atoms. The van der Waals surface area contributed by atoms with Crippen LogP contribution >= 0.6 is 0 Å². The van der Waals surface area contributed by atoms with Gasteiger partial charge in [0, 0.05) is 37.1 Å². The molecule has 0 aliphatic heterocycles. The van der Waals surface area contributed by atoms with Crippen LogP contribution in [0.25, 0.3) is 0 Å². The van der Waals surface area contributed by atoms with Gasteiger partial charge in [-0.15, -0.1) is 0 Å². The van der Waals surface area contributed by atoms with Gasteiger partial charge < -0.3 is 15.5 Å². The normalized spacial score (nSPS) is 10.8. The summed E-state index contributed by atoms with van der Waals surface area (Å²) >= 11 is 0. The third kappa shape index (κ3) is 2.75. The second-order valence-electron chi connectivity index (χ2n) is 4.72. The molecule has 0 spiro atoms. The van der Waals surface area contributed by atoms with E-state index in [1.807, 2.05) is 20.2 Å². The van der Waals surface area contributed by atoms with Crippen LogP contribution in [0, 0.1) is 6.92 Å². The van der Waals surface area contributed by atoms with Gasteiger partial charge in [0.05, 0.1) is 23.7 Å². The van der Waals surface area contributed by atoms with Gasteiger partial charge in [0.15, 0.2) is 0 Å². The fraction of sp³-hybridized carbons (Fsp3) is 0.429. The lowest BCUT2D eigenvalue weighted by Gasteiger charge is -2.12. The predicted molar refractivity (Wildman–Crippen MR) is 76.5 cm³/mol. The second-order valence-corrected chi connectivity index (χ2v) is 4.72. The molecular weight excluding hydrogens is 256 g/mol. The molecule has 2 aromatic heterocycles. The highest BCUT2D eigenvalue weighted by Crippen LogP contribution is 2.25. The van der Waals surface area contributed by atoms with E-state index in [2.05, 4.69) is 15.4 Å². The highest BCUT2D eigenvalue weighted by atomic mass is 16.3. The summed E-state index contributed by atoms with van der Waals surface area (Å²) in [5.74, 6) is 0.131. The van der Waals surface area contributed by atoms with E-state index in [0.717, 1.165) is 17.8 Å². The molecular formula is C14H20N4O2. The molecule has 6 nitrogen and oxygen atoms in total. The number of pyridine rings is 1. The Balaban J connectivity index is 2.24. The van der Waals surface area contributed by atoms with Crippen LogP contribution in [0.3, 0.4) is 0 Å². The summed E-state index contributed by atoms with van der Waals surface area (Å²) < 4.78 is 1.76. The molecule has 0 unspecified atom stereocenters. The van der Waals surface area contributed by atoms with Crippen molar-refractivity contribution in [2.75, 3.05) is 5.32 Å². The van der Waals surface area contributed by atoms with Crippen LogP contribution in [-0.4, -0.2) is 25.0 Å². The number of anilines is 1. The zero-order valence-corrected chi connectivity index (χ0v) is 12.0. The SMILES string of the molecule is CCc1nn(C)cc1NCc1c(CO)cnc(C)c1O. The third-order valence-electron chi connectivity index (χ3n) is 3.30. The summed E-state index contributed by atoms with van der Waals surface area (Å²) in [5, 5.41) is 27.0. The van der Waals surface area contributed by atoms with Gasteiger partial charge in [0.1, 0.15) is 5.75 Å². The number of hydrogen-bond acceptors (Lipinski definition) is 5. The summed E-state index contributed by atoms with van der Waals surface area (Å²) in [6.07, 6.45) is 4.33. The van der Waals surface area contributed by atoms with Crippen molar-refractivity contribution in [1.29, 1.82) is 0 Å². The van der Waals surface area contributed by atoms with Crippen LogP contribution in [0.4, 0.5) is 5.69 Å². The minimum absolute atomic E-state index is 0.131. The Bertz CT molecular complexity index is 607. The minimum Gasteiger partial charge on any atom is -0.506 e. The Morgan fingerprint density at radius 3 is 2.80 bits per heavy atom. The molecule has 0 aliphatic rings. The molecule has 0 bridgehead atoms. The first kappa shape index (κ1) is 14.3. The number of aliphatic hydroxyl groups excluding tert-OH is 1. The van der Waals surface area contributed by atoms with Gasteiger partial charge in [-0.05, 0) is 13.3 Å². The first-order valence-corrected chi connectivity index (χ1v) is 6.60. The number of aryl methyl sites for hydroxylation is 3. The first-order chi connectivity index (χ1) is 9.56. The number of nitrogens with one attached hydrogen (secondary N) is 1. The molecule has 0 radical (unpaired) electrons. The summed E-state index contributed by atoms with van der Waals surface area (Å²) in [4.78, 5) is 4.05. The quantitative estimate of drug-likeness (QED) is 0.770. The van der Waals surface area contributed by atoms with Gasteiger partial charge in [-0.2, -0.15) is 5.10 Å². The second kappa shape index (κ2) is 5.92. The van der Waals surface area contributed by atoms with Crippen LogP contribution in [0.1, 0.15) is 29.4 Å². The molecule has 0 atom stereocenters. The van der Waals surface area contributed by atoms with Crippen molar-refractivity contribution in [3.05, 3.63) is 34.9 Å². The van der Waals surface area contributed by atoms with Crippen molar-refractivity contribution < 1.29 is 10.2 Å². The maximum absolute atomic E-state index is 10.1. The number of hydrogen-bond donors (Lipinski definition) is 3. The number of aromatic nitrogens is 3. The van der Waals surface area contributed by atoms with Crippen molar-refractivity contribution in [3.63, 3.8) is 0 Å². The van der Waals surface area contributed by atoms with Crippen LogP contribution in [0.2, 0.25) is 0 Å². The van der Waals surface area contributed by atoms with Crippen LogP contribution in [0.5, 0.6) is 5.75 Å². The van der Waals surface area contributed by atoms with Gasteiger partial charge in [-0.3, -0.25) is 9.67 Å². The Hall–Kier alpha value is -2.08. The molecule has 0 amide bonds. The van der Waals surface area contributed by atoms with E-state index < -0.39 is 0 Å². The van der Waals surface area contributed by atoms with Gasteiger partial charge in [0.2, 0.25) is 0 Å². The van der Waals surface area contributed by atoms with E-state index >= 15 is 0 Å². The maximum Gasteiger partial charge on any atom is 0.142 e. The number of nitrogens with zero attached hydrogens (tertiary/aromatic N) is 3. The molecule has 3 N–H and O–H groups in total.